The van der Waals surface area contributed by atoms with Gasteiger partial charge in [-0.3, -0.25) is 14.4 Å². The molecule has 0 saturated carbocycles. The Labute approximate surface area is 132 Å². The minimum Gasteiger partial charge on any atom is -0.466 e. The molecule has 8 heteroatoms. The molecule has 2 amide bonds. The molecule has 0 aliphatic rings. The Bertz CT molecular complexity index is 558. The van der Waals surface area contributed by atoms with Crippen molar-refractivity contribution in [2.24, 2.45) is 0 Å². The van der Waals surface area contributed by atoms with Gasteiger partial charge in [0.1, 0.15) is 11.6 Å². The second-order valence-corrected chi connectivity index (χ2v) is 4.60. The highest BCUT2D eigenvalue weighted by molar-refractivity contribution is 5.96. The van der Waals surface area contributed by atoms with E-state index in [1.165, 1.54) is 0 Å². The largest absolute Gasteiger partial charge is 0.466 e. The van der Waals surface area contributed by atoms with Crippen molar-refractivity contribution >= 4 is 17.8 Å². The average Bonchev–Trinajstić information content (AvgIpc) is 2.48. The van der Waals surface area contributed by atoms with Crippen molar-refractivity contribution in [3.63, 3.8) is 0 Å². The molecule has 0 atom stereocenters. The Hall–Kier alpha value is -2.51. The number of hydrogen-bond donors (Lipinski definition) is 2. The summed E-state index contributed by atoms with van der Waals surface area (Å²) in [7, 11) is 0. The molecule has 0 heterocycles. The molecule has 1 aromatic rings. The minimum absolute atomic E-state index is 0.184. The van der Waals surface area contributed by atoms with E-state index in [4.69, 9.17) is 4.74 Å². The predicted molar refractivity (Wildman–Crippen MR) is 77.6 cm³/mol. The molecule has 0 fully saturated rings. The Balaban J connectivity index is 2.27. The lowest BCUT2D eigenvalue weighted by atomic mass is 10.2. The molecule has 0 bridgehead atoms. The molecule has 0 aromatic heterocycles. The van der Waals surface area contributed by atoms with Crippen molar-refractivity contribution in [3.8, 4) is 0 Å². The summed E-state index contributed by atoms with van der Waals surface area (Å²) in [5.74, 6) is -3.33. The first-order valence-corrected chi connectivity index (χ1v) is 7.09. The van der Waals surface area contributed by atoms with Crippen LogP contribution in [-0.4, -0.2) is 37.5 Å². The van der Waals surface area contributed by atoms with Gasteiger partial charge in [0.05, 0.1) is 13.2 Å². The topological polar surface area (TPSA) is 84.5 Å². The summed E-state index contributed by atoms with van der Waals surface area (Å²) in [6, 6.07) is 2.39. The lowest BCUT2D eigenvalue weighted by Crippen LogP contribution is -2.37. The van der Waals surface area contributed by atoms with Crippen molar-refractivity contribution in [3.05, 3.63) is 35.4 Å². The van der Waals surface area contributed by atoms with E-state index < -0.39 is 23.4 Å². The number of benzene rings is 1. The van der Waals surface area contributed by atoms with E-state index in [0.717, 1.165) is 12.1 Å². The Morgan fingerprint density at radius 3 is 2.35 bits per heavy atom. The normalized spacial score (nSPS) is 10.0. The summed E-state index contributed by atoms with van der Waals surface area (Å²) < 4.78 is 30.7. The van der Waals surface area contributed by atoms with E-state index in [1.54, 1.807) is 6.92 Å². The number of carbonyl (C=O) groups is 3. The number of carbonyl (C=O) groups excluding carboxylic acids is 3. The number of rotatable bonds is 8. The maximum absolute atomic E-state index is 13.0. The first-order chi connectivity index (χ1) is 10.9. The van der Waals surface area contributed by atoms with Crippen molar-refractivity contribution < 1.29 is 27.9 Å². The third-order valence-electron chi connectivity index (χ3n) is 2.72. The molecule has 0 aliphatic carbocycles. The highest BCUT2D eigenvalue weighted by Crippen LogP contribution is 2.07. The van der Waals surface area contributed by atoms with Gasteiger partial charge in [-0.25, -0.2) is 8.78 Å². The van der Waals surface area contributed by atoms with Crippen LogP contribution >= 0.6 is 0 Å². The van der Waals surface area contributed by atoms with Gasteiger partial charge in [-0.2, -0.15) is 0 Å². The van der Waals surface area contributed by atoms with Crippen LogP contribution in [0, 0.1) is 11.6 Å². The molecular weight excluding hydrogens is 310 g/mol. The monoisotopic (exact) mass is 328 g/mol. The van der Waals surface area contributed by atoms with E-state index >= 15 is 0 Å². The zero-order valence-electron chi connectivity index (χ0n) is 12.7. The molecule has 23 heavy (non-hydrogen) atoms. The number of hydrogen-bond acceptors (Lipinski definition) is 4. The third-order valence-corrected chi connectivity index (χ3v) is 2.72. The van der Waals surface area contributed by atoms with Crippen LogP contribution in [0.15, 0.2) is 18.2 Å². The summed E-state index contributed by atoms with van der Waals surface area (Å²) >= 11 is 0. The number of halogens is 2. The summed E-state index contributed by atoms with van der Waals surface area (Å²) in [4.78, 5) is 34.2. The van der Waals surface area contributed by atoms with Crippen LogP contribution in [0.3, 0.4) is 0 Å². The summed E-state index contributed by atoms with van der Waals surface area (Å²) in [6.07, 6.45) is 0.594. The van der Waals surface area contributed by atoms with Gasteiger partial charge in [0.15, 0.2) is 0 Å². The van der Waals surface area contributed by atoms with E-state index in [0.29, 0.717) is 19.1 Å². The second-order valence-electron chi connectivity index (χ2n) is 4.60. The zero-order chi connectivity index (χ0) is 17.2. The molecule has 1 aromatic carbocycles. The summed E-state index contributed by atoms with van der Waals surface area (Å²) in [5, 5.41) is 4.75. The third kappa shape index (κ3) is 7.35. The highest BCUT2D eigenvalue weighted by atomic mass is 19.1. The second kappa shape index (κ2) is 9.50. The zero-order valence-corrected chi connectivity index (χ0v) is 12.7. The summed E-state index contributed by atoms with van der Waals surface area (Å²) in [5.41, 5.74) is -0.211. The first kappa shape index (κ1) is 18.5. The van der Waals surface area contributed by atoms with Crippen LogP contribution in [0.2, 0.25) is 0 Å². The van der Waals surface area contributed by atoms with E-state index in [2.05, 4.69) is 10.6 Å². The number of amides is 2. The average molecular weight is 328 g/mol. The molecular formula is C15H18F2N2O4. The molecule has 0 unspecified atom stereocenters. The highest BCUT2D eigenvalue weighted by Gasteiger charge is 2.10. The van der Waals surface area contributed by atoms with E-state index in [1.807, 2.05) is 0 Å². The van der Waals surface area contributed by atoms with Crippen molar-refractivity contribution in [2.45, 2.75) is 19.8 Å². The Morgan fingerprint density at radius 2 is 1.74 bits per heavy atom. The minimum atomic E-state index is -0.876. The summed E-state index contributed by atoms with van der Waals surface area (Å²) in [6.45, 7) is 1.92. The fourth-order valence-corrected chi connectivity index (χ4v) is 1.70. The van der Waals surface area contributed by atoms with Crippen LogP contribution in [0.5, 0.6) is 0 Å². The molecule has 2 N–H and O–H groups in total. The number of ether oxygens (including phenoxy) is 1. The van der Waals surface area contributed by atoms with Crippen LogP contribution in [0.4, 0.5) is 8.78 Å². The SMILES string of the molecule is CCOC(=O)CCCNC(=O)CNC(=O)c1cc(F)cc(F)c1. The lowest BCUT2D eigenvalue weighted by molar-refractivity contribution is -0.143. The van der Waals surface area contributed by atoms with Gasteiger partial charge in [0.2, 0.25) is 5.91 Å². The molecule has 6 nitrogen and oxygen atoms in total. The molecule has 0 radical (unpaired) electrons. The van der Waals surface area contributed by atoms with Gasteiger partial charge in [0, 0.05) is 24.6 Å². The number of nitrogens with one attached hydrogen (secondary N) is 2. The molecule has 0 spiro atoms. The smallest absolute Gasteiger partial charge is 0.305 e. The number of esters is 1. The van der Waals surface area contributed by atoms with E-state index in [-0.39, 0.29) is 31.0 Å². The fraction of sp³-hybridized carbons (Fsp3) is 0.400. The van der Waals surface area contributed by atoms with Crippen molar-refractivity contribution in [2.75, 3.05) is 19.7 Å². The first-order valence-electron chi connectivity index (χ1n) is 7.09. The molecule has 0 aliphatic heterocycles. The van der Waals surface area contributed by atoms with Gasteiger partial charge in [0.25, 0.3) is 5.91 Å². The fourth-order valence-electron chi connectivity index (χ4n) is 1.70. The molecule has 0 saturated heterocycles. The Kier molecular flexibility index (Phi) is 7.65. The maximum Gasteiger partial charge on any atom is 0.305 e. The van der Waals surface area contributed by atoms with Crippen LogP contribution in [0.1, 0.15) is 30.1 Å². The maximum atomic E-state index is 13.0. The van der Waals surface area contributed by atoms with Crippen LogP contribution in [-0.2, 0) is 14.3 Å². The molecule has 1 rings (SSSR count). The van der Waals surface area contributed by atoms with Crippen LogP contribution in [0.25, 0.3) is 0 Å². The van der Waals surface area contributed by atoms with Gasteiger partial charge in [-0.1, -0.05) is 0 Å². The van der Waals surface area contributed by atoms with Crippen LogP contribution < -0.4 is 10.6 Å². The quantitative estimate of drug-likeness (QED) is 0.554. The van der Waals surface area contributed by atoms with Gasteiger partial charge in [-0.05, 0) is 25.5 Å². The van der Waals surface area contributed by atoms with Gasteiger partial charge < -0.3 is 15.4 Å². The predicted octanol–water partition coefficient (Wildman–Crippen LogP) is 1.15. The molecule has 126 valence electrons. The standard InChI is InChI=1S/C15H18F2N2O4/c1-2-23-14(21)4-3-5-18-13(20)9-19-15(22)10-6-11(16)8-12(17)7-10/h6-8H,2-5,9H2,1H3,(H,18,20)(H,19,22). The van der Waals surface area contributed by atoms with Gasteiger partial charge in [-0.15, -0.1) is 0 Å². The van der Waals surface area contributed by atoms with Crippen molar-refractivity contribution in [1.82, 2.24) is 10.6 Å². The van der Waals surface area contributed by atoms with E-state index in [9.17, 15) is 23.2 Å². The lowest BCUT2D eigenvalue weighted by Gasteiger charge is -2.07. The Morgan fingerprint density at radius 1 is 1.09 bits per heavy atom. The van der Waals surface area contributed by atoms with Gasteiger partial charge >= 0.3 is 5.97 Å². The van der Waals surface area contributed by atoms with Crippen molar-refractivity contribution in [1.29, 1.82) is 0 Å².